The van der Waals surface area contributed by atoms with Crippen LogP contribution in [-0.2, 0) is 4.79 Å². The first kappa shape index (κ1) is 14.8. The molecule has 1 fully saturated rings. The Balaban J connectivity index is 2.00. The Labute approximate surface area is 131 Å². The summed E-state index contributed by atoms with van der Waals surface area (Å²) in [5, 5.41) is 0. The van der Waals surface area contributed by atoms with Crippen LogP contribution in [0.5, 0.6) is 0 Å². The Kier molecular flexibility index (Phi) is 4.01. The van der Waals surface area contributed by atoms with Crippen LogP contribution >= 0.6 is 0 Å². The second-order valence-corrected chi connectivity index (χ2v) is 6.20. The van der Waals surface area contributed by atoms with Crippen LogP contribution in [0.1, 0.15) is 44.8 Å². The Morgan fingerprint density at radius 2 is 2.00 bits per heavy atom. The molecule has 116 valence electrons. The molecule has 1 amide bonds. The highest BCUT2D eigenvalue weighted by Gasteiger charge is 2.32. The zero-order chi connectivity index (χ0) is 15.7. The molecule has 1 saturated heterocycles. The third-order valence-corrected chi connectivity index (χ3v) is 4.40. The van der Waals surface area contributed by atoms with Gasteiger partial charge in [0.25, 0.3) is 0 Å². The quantitative estimate of drug-likeness (QED) is 0.866. The number of imidazole rings is 1. The predicted molar refractivity (Wildman–Crippen MR) is 87.7 cm³/mol. The number of nitrogens with zero attached hydrogens (tertiary/aromatic N) is 3. The third kappa shape index (κ3) is 2.54. The summed E-state index contributed by atoms with van der Waals surface area (Å²) in [7, 11) is 0. The molecule has 0 N–H and O–H groups in total. The topological polar surface area (TPSA) is 38.1 Å². The van der Waals surface area contributed by atoms with Crippen molar-refractivity contribution in [2.75, 3.05) is 13.1 Å². The van der Waals surface area contributed by atoms with E-state index >= 15 is 0 Å². The lowest BCUT2D eigenvalue weighted by atomic mass is 10.0. The zero-order valence-corrected chi connectivity index (χ0v) is 13.5. The molecule has 1 aromatic carbocycles. The summed E-state index contributed by atoms with van der Waals surface area (Å²) >= 11 is 0. The van der Waals surface area contributed by atoms with Crippen molar-refractivity contribution in [1.29, 1.82) is 0 Å². The smallest absolute Gasteiger partial charge is 0.224 e. The van der Waals surface area contributed by atoms with Gasteiger partial charge in [-0.2, -0.15) is 0 Å². The molecule has 0 bridgehead atoms. The molecule has 4 heteroatoms. The minimum absolute atomic E-state index is 0.204. The highest BCUT2D eigenvalue weighted by molar-refractivity contribution is 5.79. The number of carbonyl (C=O) groups is 1. The molecule has 0 unspecified atom stereocenters. The molecular weight excluding hydrogens is 274 g/mol. The lowest BCUT2D eigenvalue weighted by molar-refractivity contribution is -0.127. The first-order valence-corrected chi connectivity index (χ1v) is 8.01. The van der Waals surface area contributed by atoms with Crippen LogP contribution in [0.15, 0.2) is 36.7 Å². The van der Waals surface area contributed by atoms with Gasteiger partial charge in [0.2, 0.25) is 5.91 Å². The van der Waals surface area contributed by atoms with Crippen LogP contribution in [0.4, 0.5) is 0 Å². The van der Waals surface area contributed by atoms with Crippen molar-refractivity contribution in [1.82, 2.24) is 14.5 Å². The number of benzene rings is 1. The van der Waals surface area contributed by atoms with Gasteiger partial charge in [-0.1, -0.05) is 44.2 Å². The van der Waals surface area contributed by atoms with E-state index in [1.807, 2.05) is 36.4 Å². The normalized spacial score (nSPS) is 18.5. The number of likely N-dealkylation sites (N-methyl/N-ethyl adjacent to an activating group) is 1. The highest BCUT2D eigenvalue weighted by Crippen LogP contribution is 2.33. The molecule has 2 heterocycles. The van der Waals surface area contributed by atoms with Gasteiger partial charge in [0.15, 0.2) is 0 Å². The first-order chi connectivity index (χ1) is 10.6. The summed E-state index contributed by atoms with van der Waals surface area (Å²) in [6.07, 6.45) is 2.49. The van der Waals surface area contributed by atoms with Gasteiger partial charge in [0.1, 0.15) is 0 Å². The Hall–Kier alpha value is -2.10. The van der Waals surface area contributed by atoms with Gasteiger partial charge < -0.3 is 9.47 Å². The first-order valence-electron chi connectivity index (χ1n) is 8.01. The van der Waals surface area contributed by atoms with Crippen LogP contribution in [-0.4, -0.2) is 33.4 Å². The molecule has 0 spiro atoms. The summed E-state index contributed by atoms with van der Waals surface area (Å²) in [5.74, 6) is 0.612. The molecule has 1 atom stereocenters. The molecule has 0 aliphatic carbocycles. The number of aromatic nitrogens is 2. The Bertz CT molecular complexity index is 660. The van der Waals surface area contributed by atoms with E-state index in [1.165, 1.54) is 5.69 Å². The van der Waals surface area contributed by atoms with E-state index < -0.39 is 0 Å². The summed E-state index contributed by atoms with van der Waals surface area (Å²) in [6.45, 7) is 7.99. The minimum atomic E-state index is 0.204. The lowest BCUT2D eigenvalue weighted by Crippen LogP contribution is -2.25. The monoisotopic (exact) mass is 297 g/mol. The molecule has 2 aromatic rings. The fourth-order valence-electron chi connectivity index (χ4n) is 3.29. The van der Waals surface area contributed by atoms with Crippen molar-refractivity contribution in [3.05, 3.63) is 42.4 Å². The average Bonchev–Trinajstić information content (AvgIpc) is 3.11. The van der Waals surface area contributed by atoms with Gasteiger partial charge in [-0.05, 0) is 12.8 Å². The fourth-order valence-corrected chi connectivity index (χ4v) is 3.29. The molecule has 0 radical (unpaired) electrons. The SMILES string of the molecule is CCN1C[C@@H](n2cnc(-c3ccccc3)c2C(C)C)CC1=O. The molecule has 1 aliphatic rings. The number of carbonyl (C=O) groups excluding carboxylic acids is 1. The second kappa shape index (κ2) is 5.95. The van der Waals surface area contributed by atoms with Crippen molar-refractivity contribution in [3.63, 3.8) is 0 Å². The van der Waals surface area contributed by atoms with Gasteiger partial charge in [-0.25, -0.2) is 4.98 Å². The number of likely N-dealkylation sites (tertiary alicyclic amines) is 1. The molecule has 4 nitrogen and oxygen atoms in total. The van der Waals surface area contributed by atoms with E-state index in [-0.39, 0.29) is 11.9 Å². The third-order valence-electron chi connectivity index (χ3n) is 4.40. The molecule has 0 saturated carbocycles. The van der Waals surface area contributed by atoms with E-state index in [0.717, 1.165) is 24.3 Å². The summed E-state index contributed by atoms with van der Waals surface area (Å²) in [5.41, 5.74) is 3.40. The maximum atomic E-state index is 12.0. The van der Waals surface area contributed by atoms with E-state index in [1.54, 1.807) is 0 Å². The Morgan fingerprint density at radius 1 is 1.27 bits per heavy atom. The van der Waals surface area contributed by atoms with Gasteiger partial charge in [0, 0.05) is 30.8 Å². The van der Waals surface area contributed by atoms with Crippen LogP contribution in [0.2, 0.25) is 0 Å². The summed E-state index contributed by atoms with van der Waals surface area (Å²) in [6, 6.07) is 10.5. The predicted octanol–water partition coefficient (Wildman–Crippen LogP) is 3.47. The standard InChI is InChI=1S/C18H23N3O/c1-4-20-11-15(10-16(20)22)21-12-19-17(18(21)13(2)3)14-8-6-5-7-9-14/h5-9,12-13,15H,4,10-11H2,1-3H3/t15-/m0/s1. The zero-order valence-electron chi connectivity index (χ0n) is 13.5. The maximum Gasteiger partial charge on any atom is 0.224 e. The van der Waals surface area contributed by atoms with Crippen LogP contribution in [0.25, 0.3) is 11.3 Å². The number of hydrogen-bond donors (Lipinski definition) is 0. The maximum absolute atomic E-state index is 12.0. The highest BCUT2D eigenvalue weighted by atomic mass is 16.2. The van der Waals surface area contributed by atoms with E-state index in [0.29, 0.717) is 12.3 Å². The van der Waals surface area contributed by atoms with Crippen molar-refractivity contribution < 1.29 is 4.79 Å². The molecule has 1 aromatic heterocycles. The largest absolute Gasteiger partial charge is 0.341 e. The van der Waals surface area contributed by atoms with Gasteiger partial charge in [-0.3, -0.25) is 4.79 Å². The Morgan fingerprint density at radius 3 is 2.59 bits per heavy atom. The molecule has 3 rings (SSSR count). The van der Waals surface area contributed by atoms with Crippen molar-refractivity contribution in [2.45, 2.75) is 39.2 Å². The fraction of sp³-hybridized carbons (Fsp3) is 0.444. The minimum Gasteiger partial charge on any atom is -0.341 e. The van der Waals surface area contributed by atoms with Crippen molar-refractivity contribution in [2.24, 2.45) is 0 Å². The summed E-state index contributed by atoms with van der Waals surface area (Å²) in [4.78, 5) is 18.6. The van der Waals surface area contributed by atoms with E-state index in [9.17, 15) is 4.79 Å². The summed E-state index contributed by atoms with van der Waals surface area (Å²) < 4.78 is 2.22. The van der Waals surface area contributed by atoms with Gasteiger partial charge in [0.05, 0.1) is 18.1 Å². The van der Waals surface area contributed by atoms with E-state index in [4.69, 9.17) is 0 Å². The van der Waals surface area contributed by atoms with Gasteiger partial charge in [-0.15, -0.1) is 0 Å². The van der Waals surface area contributed by atoms with Crippen molar-refractivity contribution >= 4 is 5.91 Å². The van der Waals surface area contributed by atoms with Crippen LogP contribution in [0, 0.1) is 0 Å². The number of amides is 1. The lowest BCUT2D eigenvalue weighted by Gasteiger charge is -2.19. The number of hydrogen-bond acceptors (Lipinski definition) is 2. The van der Waals surface area contributed by atoms with Crippen LogP contribution in [0.3, 0.4) is 0 Å². The number of rotatable bonds is 4. The average molecular weight is 297 g/mol. The van der Waals surface area contributed by atoms with E-state index in [2.05, 4.69) is 35.5 Å². The molecular formula is C18H23N3O. The van der Waals surface area contributed by atoms with Crippen molar-refractivity contribution in [3.8, 4) is 11.3 Å². The second-order valence-electron chi connectivity index (χ2n) is 6.20. The van der Waals surface area contributed by atoms with Crippen LogP contribution < -0.4 is 0 Å². The molecule has 22 heavy (non-hydrogen) atoms. The molecule has 1 aliphatic heterocycles. The van der Waals surface area contributed by atoms with Gasteiger partial charge >= 0.3 is 0 Å².